The van der Waals surface area contributed by atoms with Crippen molar-refractivity contribution in [1.82, 2.24) is 4.90 Å². The summed E-state index contributed by atoms with van der Waals surface area (Å²) >= 11 is 0. The predicted octanol–water partition coefficient (Wildman–Crippen LogP) is 3.51. The maximum atomic E-state index is 13.6. The van der Waals surface area contributed by atoms with Crippen LogP contribution in [0.25, 0.3) is 0 Å². The third-order valence-corrected chi connectivity index (χ3v) is 4.27. The molecule has 1 N–H and O–H groups in total. The molecule has 1 aliphatic rings. The van der Waals surface area contributed by atoms with E-state index in [1.165, 1.54) is 12.1 Å². The van der Waals surface area contributed by atoms with Crippen LogP contribution in [0.4, 0.5) is 8.78 Å². The second kappa shape index (κ2) is 6.19. The number of rotatable bonds is 4. The molecule has 4 heteroatoms. The molecule has 1 aliphatic heterocycles. The summed E-state index contributed by atoms with van der Waals surface area (Å²) in [5.74, 6) is -1.83. The molecule has 0 spiro atoms. The molecule has 20 heavy (non-hydrogen) atoms. The van der Waals surface area contributed by atoms with Gasteiger partial charge < -0.3 is 10.0 Å². The van der Waals surface area contributed by atoms with Crippen molar-refractivity contribution < 1.29 is 13.9 Å². The Hall–Kier alpha value is -1.00. The Balaban J connectivity index is 1.87. The number of aliphatic hydroxyl groups excluding tert-OH is 1. The van der Waals surface area contributed by atoms with Gasteiger partial charge in [0.1, 0.15) is 0 Å². The lowest BCUT2D eigenvalue weighted by Gasteiger charge is -2.37. The Labute approximate surface area is 119 Å². The number of nitrogens with zero attached hydrogens (tertiary/aromatic N) is 1. The molecule has 0 aromatic heterocycles. The molecule has 0 radical (unpaired) electrons. The van der Waals surface area contributed by atoms with Gasteiger partial charge in [-0.05, 0) is 43.8 Å². The third-order valence-electron chi connectivity index (χ3n) is 4.27. The lowest BCUT2D eigenvalue weighted by Crippen LogP contribution is -2.38. The number of likely N-dealkylation sites (tertiary alicyclic amines) is 1. The van der Waals surface area contributed by atoms with E-state index in [0.717, 1.165) is 32.0 Å². The van der Waals surface area contributed by atoms with Crippen molar-refractivity contribution >= 4 is 0 Å². The molecule has 1 atom stereocenters. The second-order valence-corrected chi connectivity index (χ2v) is 6.45. The molecule has 0 aliphatic carbocycles. The van der Waals surface area contributed by atoms with Crippen LogP contribution < -0.4 is 0 Å². The molecule has 0 saturated carbocycles. The largest absolute Gasteiger partial charge is 0.388 e. The van der Waals surface area contributed by atoms with Gasteiger partial charge in [-0.3, -0.25) is 0 Å². The predicted molar refractivity (Wildman–Crippen MR) is 75.4 cm³/mol. The number of hydrogen-bond acceptors (Lipinski definition) is 2. The topological polar surface area (TPSA) is 23.5 Å². The van der Waals surface area contributed by atoms with Gasteiger partial charge in [-0.25, -0.2) is 8.78 Å². The highest BCUT2D eigenvalue weighted by Crippen LogP contribution is 2.30. The average Bonchev–Trinajstić information content (AvgIpc) is 2.40. The summed E-state index contributed by atoms with van der Waals surface area (Å²) in [7, 11) is 0. The van der Waals surface area contributed by atoms with E-state index in [4.69, 9.17) is 0 Å². The summed E-state index contributed by atoms with van der Waals surface area (Å²) in [6, 6.07) is 3.95. The molecule has 0 amide bonds. The molecule has 1 unspecified atom stereocenters. The fourth-order valence-corrected chi connectivity index (χ4v) is 2.62. The zero-order chi connectivity index (χ0) is 14.8. The quantitative estimate of drug-likeness (QED) is 0.914. The maximum absolute atomic E-state index is 13.6. The number of halogens is 2. The summed E-state index contributed by atoms with van der Waals surface area (Å²) in [5, 5.41) is 10.0. The van der Waals surface area contributed by atoms with Crippen molar-refractivity contribution in [3.8, 4) is 0 Å². The van der Waals surface area contributed by atoms with E-state index in [2.05, 4.69) is 18.7 Å². The first kappa shape index (κ1) is 15.4. The minimum atomic E-state index is -0.944. The Bertz CT molecular complexity index is 452. The zero-order valence-electron chi connectivity index (χ0n) is 12.2. The lowest BCUT2D eigenvalue weighted by atomic mass is 9.82. The Morgan fingerprint density at radius 3 is 2.55 bits per heavy atom. The van der Waals surface area contributed by atoms with Crippen molar-refractivity contribution in [3.05, 3.63) is 35.4 Å². The van der Waals surface area contributed by atoms with E-state index in [1.54, 1.807) is 0 Å². The first-order valence-corrected chi connectivity index (χ1v) is 7.23. The number of hydrogen-bond donors (Lipinski definition) is 1. The lowest BCUT2D eigenvalue weighted by molar-refractivity contribution is 0.0996. The van der Waals surface area contributed by atoms with Crippen molar-refractivity contribution in [2.24, 2.45) is 5.41 Å². The monoisotopic (exact) mass is 283 g/mol. The minimum absolute atomic E-state index is 0.0577. The van der Waals surface area contributed by atoms with Gasteiger partial charge in [-0.1, -0.05) is 26.0 Å². The van der Waals surface area contributed by atoms with Gasteiger partial charge in [0.2, 0.25) is 0 Å². The van der Waals surface area contributed by atoms with Crippen LogP contribution in [0, 0.1) is 17.0 Å². The fraction of sp³-hybridized carbons (Fsp3) is 0.625. The van der Waals surface area contributed by atoms with Gasteiger partial charge in [0, 0.05) is 12.1 Å². The van der Waals surface area contributed by atoms with Crippen LogP contribution in [0.1, 0.15) is 44.8 Å². The van der Waals surface area contributed by atoms with Crippen LogP contribution >= 0.6 is 0 Å². The van der Waals surface area contributed by atoms with E-state index in [-0.39, 0.29) is 5.56 Å². The molecule has 112 valence electrons. The Morgan fingerprint density at radius 2 is 1.90 bits per heavy atom. The molecule has 1 aromatic carbocycles. The van der Waals surface area contributed by atoms with Crippen molar-refractivity contribution in [2.75, 3.05) is 19.6 Å². The van der Waals surface area contributed by atoms with E-state index >= 15 is 0 Å². The smallest absolute Gasteiger partial charge is 0.164 e. The number of aliphatic hydroxyl groups is 1. The summed E-state index contributed by atoms with van der Waals surface area (Å²) in [5.41, 5.74) is 0.450. The molecule has 1 fully saturated rings. The molecular weight excluding hydrogens is 260 g/mol. The van der Waals surface area contributed by atoms with E-state index < -0.39 is 17.7 Å². The van der Waals surface area contributed by atoms with Gasteiger partial charge in [-0.15, -0.1) is 0 Å². The van der Waals surface area contributed by atoms with Crippen LogP contribution in [-0.2, 0) is 0 Å². The summed E-state index contributed by atoms with van der Waals surface area (Å²) in [6.07, 6.45) is 1.76. The van der Waals surface area contributed by atoms with E-state index in [9.17, 15) is 13.9 Å². The SMILES string of the molecule is CC1(C)CCN(CCC(O)c2cccc(F)c2F)CC1. The van der Waals surface area contributed by atoms with E-state index in [1.807, 2.05) is 0 Å². The minimum Gasteiger partial charge on any atom is -0.388 e. The van der Waals surface area contributed by atoms with Crippen LogP contribution in [0.5, 0.6) is 0 Å². The van der Waals surface area contributed by atoms with Gasteiger partial charge in [0.25, 0.3) is 0 Å². The van der Waals surface area contributed by atoms with E-state index in [0.29, 0.717) is 18.4 Å². The highest BCUT2D eigenvalue weighted by Gasteiger charge is 2.25. The molecule has 1 aromatic rings. The van der Waals surface area contributed by atoms with Crippen LogP contribution in [0.2, 0.25) is 0 Å². The highest BCUT2D eigenvalue weighted by molar-refractivity contribution is 5.21. The third kappa shape index (κ3) is 3.76. The number of piperidine rings is 1. The fourth-order valence-electron chi connectivity index (χ4n) is 2.62. The molecule has 2 nitrogen and oxygen atoms in total. The summed E-state index contributed by atoms with van der Waals surface area (Å²) < 4.78 is 26.7. The highest BCUT2D eigenvalue weighted by atomic mass is 19.2. The molecule has 1 saturated heterocycles. The molecule has 0 bridgehead atoms. The second-order valence-electron chi connectivity index (χ2n) is 6.45. The summed E-state index contributed by atoms with van der Waals surface area (Å²) in [4.78, 5) is 2.28. The van der Waals surface area contributed by atoms with Crippen LogP contribution in [0.3, 0.4) is 0 Å². The van der Waals surface area contributed by atoms with Crippen molar-refractivity contribution in [3.63, 3.8) is 0 Å². The zero-order valence-corrected chi connectivity index (χ0v) is 12.2. The molecular formula is C16H23F2NO. The average molecular weight is 283 g/mol. The van der Waals surface area contributed by atoms with Crippen LogP contribution in [0.15, 0.2) is 18.2 Å². The first-order valence-electron chi connectivity index (χ1n) is 7.23. The van der Waals surface area contributed by atoms with Crippen LogP contribution in [-0.4, -0.2) is 29.6 Å². The Kier molecular flexibility index (Phi) is 4.76. The molecule has 1 heterocycles. The first-order chi connectivity index (χ1) is 9.39. The normalized spacial score (nSPS) is 20.9. The molecule has 2 rings (SSSR count). The Morgan fingerprint density at radius 1 is 1.25 bits per heavy atom. The van der Waals surface area contributed by atoms with Gasteiger partial charge in [0.05, 0.1) is 6.10 Å². The number of benzene rings is 1. The standard InChI is InChI=1S/C16H23F2NO/c1-16(2)7-10-19(11-8-16)9-6-14(20)12-4-3-5-13(17)15(12)18/h3-5,14,20H,6-11H2,1-2H3. The van der Waals surface area contributed by atoms with Crippen molar-refractivity contribution in [2.45, 2.75) is 39.2 Å². The summed E-state index contributed by atoms with van der Waals surface area (Å²) in [6.45, 7) is 7.26. The van der Waals surface area contributed by atoms with Gasteiger partial charge in [-0.2, -0.15) is 0 Å². The van der Waals surface area contributed by atoms with Crippen molar-refractivity contribution in [1.29, 1.82) is 0 Å². The van der Waals surface area contributed by atoms with Gasteiger partial charge >= 0.3 is 0 Å². The maximum Gasteiger partial charge on any atom is 0.164 e. The van der Waals surface area contributed by atoms with Gasteiger partial charge in [0.15, 0.2) is 11.6 Å².